The van der Waals surface area contributed by atoms with Gasteiger partial charge in [0, 0.05) is 16.1 Å². The van der Waals surface area contributed by atoms with Gasteiger partial charge in [0.05, 0.1) is 19.9 Å². The molecule has 0 atom stereocenters. The van der Waals surface area contributed by atoms with Crippen molar-refractivity contribution in [1.82, 2.24) is 4.98 Å². The van der Waals surface area contributed by atoms with Gasteiger partial charge in [-0.1, -0.05) is 29.8 Å². The van der Waals surface area contributed by atoms with E-state index in [0.717, 1.165) is 32.7 Å². The van der Waals surface area contributed by atoms with E-state index in [0.29, 0.717) is 11.5 Å². The summed E-state index contributed by atoms with van der Waals surface area (Å²) in [5.41, 5.74) is 2.91. The Hall–Kier alpha value is -2.52. The number of ether oxygens (including phenoxy) is 2. The van der Waals surface area contributed by atoms with Crippen molar-refractivity contribution >= 4 is 34.5 Å². The van der Waals surface area contributed by atoms with Crippen molar-refractivity contribution in [2.24, 2.45) is 0 Å². The van der Waals surface area contributed by atoms with E-state index in [1.165, 1.54) is 0 Å². The first kappa shape index (κ1) is 16.3. The summed E-state index contributed by atoms with van der Waals surface area (Å²) in [5, 5.41) is 2.81. The maximum atomic E-state index is 5.93. The van der Waals surface area contributed by atoms with E-state index < -0.39 is 0 Å². The number of fused-ring (bicyclic) bond motifs is 1. The van der Waals surface area contributed by atoms with Crippen LogP contribution in [0.4, 0.5) is 0 Å². The third-order valence-electron chi connectivity index (χ3n) is 3.80. The Kier molecular flexibility index (Phi) is 4.72. The molecule has 4 heteroatoms. The number of pyridine rings is 1. The molecule has 24 heavy (non-hydrogen) atoms. The van der Waals surface area contributed by atoms with Gasteiger partial charge in [-0.3, -0.25) is 4.98 Å². The zero-order valence-electron chi connectivity index (χ0n) is 13.8. The standard InChI is InChI=1S/C20H18ClNO2/c1-13-10-15-11-19(23-2)20(24-3)12-17(15)18(22-13)9-6-14-4-7-16(21)8-5-14/h4-12H,1-3H3. The predicted octanol–water partition coefficient (Wildman–Crippen LogP) is 5.38. The van der Waals surface area contributed by atoms with Crippen molar-refractivity contribution < 1.29 is 9.47 Å². The lowest BCUT2D eigenvalue weighted by atomic mass is 10.1. The third-order valence-corrected chi connectivity index (χ3v) is 4.05. The van der Waals surface area contributed by atoms with Crippen LogP contribution in [0.25, 0.3) is 22.9 Å². The molecule has 122 valence electrons. The maximum Gasteiger partial charge on any atom is 0.161 e. The van der Waals surface area contributed by atoms with Gasteiger partial charge in [-0.25, -0.2) is 0 Å². The average molecular weight is 340 g/mol. The highest BCUT2D eigenvalue weighted by Crippen LogP contribution is 2.34. The molecule has 1 heterocycles. The Morgan fingerprint density at radius 3 is 2.25 bits per heavy atom. The van der Waals surface area contributed by atoms with Gasteiger partial charge in [0.1, 0.15) is 0 Å². The molecule has 0 fully saturated rings. The molecular weight excluding hydrogens is 322 g/mol. The molecule has 3 aromatic rings. The molecule has 0 spiro atoms. The number of methoxy groups -OCH3 is 2. The van der Waals surface area contributed by atoms with Gasteiger partial charge in [-0.15, -0.1) is 0 Å². The molecule has 0 aliphatic carbocycles. The van der Waals surface area contributed by atoms with Crippen LogP contribution in [0.2, 0.25) is 5.02 Å². The minimum Gasteiger partial charge on any atom is -0.493 e. The van der Waals surface area contributed by atoms with E-state index in [9.17, 15) is 0 Å². The summed E-state index contributed by atoms with van der Waals surface area (Å²) in [6.07, 6.45) is 4.03. The second-order valence-corrected chi connectivity index (χ2v) is 5.90. The number of hydrogen-bond donors (Lipinski definition) is 0. The topological polar surface area (TPSA) is 31.4 Å². The SMILES string of the molecule is COc1cc2cc(C)nc(C=Cc3ccc(Cl)cc3)c2cc1OC. The van der Waals surface area contributed by atoms with E-state index in [4.69, 9.17) is 21.1 Å². The summed E-state index contributed by atoms with van der Waals surface area (Å²) in [5.74, 6) is 1.40. The molecule has 2 aromatic carbocycles. The van der Waals surface area contributed by atoms with Crippen molar-refractivity contribution in [3.05, 3.63) is 64.4 Å². The van der Waals surface area contributed by atoms with Crippen LogP contribution in [0, 0.1) is 6.92 Å². The Labute approximate surface area is 146 Å². The minimum absolute atomic E-state index is 0.691. The van der Waals surface area contributed by atoms with E-state index in [2.05, 4.69) is 4.98 Å². The second kappa shape index (κ2) is 6.93. The van der Waals surface area contributed by atoms with Crippen molar-refractivity contribution in [2.45, 2.75) is 6.92 Å². The lowest BCUT2D eigenvalue weighted by Crippen LogP contribution is -1.94. The molecule has 0 amide bonds. The van der Waals surface area contributed by atoms with Crippen LogP contribution >= 0.6 is 11.6 Å². The zero-order chi connectivity index (χ0) is 17.1. The minimum atomic E-state index is 0.691. The number of rotatable bonds is 4. The first-order valence-corrected chi connectivity index (χ1v) is 7.95. The molecule has 3 rings (SSSR count). The second-order valence-electron chi connectivity index (χ2n) is 5.46. The normalized spacial score (nSPS) is 11.2. The largest absolute Gasteiger partial charge is 0.493 e. The van der Waals surface area contributed by atoms with Gasteiger partial charge in [0.15, 0.2) is 11.5 Å². The predicted molar refractivity (Wildman–Crippen MR) is 100.0 cm³/mol. The summed E-state index contributed by atoms with van der Waals surface area (Å²) >= 11 is 5.93. The van der Waals surface area contributed by atoms with Crippen molar-refractivity contribution in [1.29, 1.82) is 0 Å². The number of aryl methyl sites for hydroxylation is 1. The molecule has 0 saturated heterocycles. The third kappa shape index (κ3) is 3.36. The van der Waals surface area contributed by atoms with Crippen LogP contribution in [-0.2, 0) is 0 Å². The highest BCUT2D eigenvalue weighted by atomic mass is 35.5. The maximum absolute atomic E-state index is 5.93. The average Bonchev–Trinajstić information content (AvgIpc) is 2.59. The molecule has 0 unspecified atom stereocenters. The molecule has 0 aliphatic rings. The number of hydrogen-bond acceptors (Lipinski definition) is 3. The van der Waals surface area contributed by atoms with Crippen LogP contribution in [0.15, 0.2) is 42.5 Å². The van der Waals surface area contributed by atoms with E-state index in [1.54, 1.807) is 14.2 Å². The monoisotopic (exact) mass is 339 g/mol. The van der Waals surface area contributed by atoms with E-state index in [1.807, 2.05) is 61.5 Å². The highest BCUT2D eigenvalue weighted by molar-refractivity contribution is 6.30. The molecule has 0 bridgehead atoms. The smallest absolute Gasteiger partial charge is 0.161 e. The molecule has 1 aromatic heterocycles. The summed E-state index contributed by atoms with van der Waals surface area (Å²) in [6.45, 7) is 1.98. The summed E-state index contributed by atoms with van der Waals surface area (Å²) < 4.78 is 10.8. The lowest BCUT2D eigenvalue weighted by molar-refractivity contribution is 0.356. The fourth-order valence-corrected chi connectivity index (χ4v) is 2.75. The van der Waals surface area contributed by atoms with Crippen molar-refractivity contribution in [3.8, 4) is 11.5 Å². The molecule has 3 nitrogen and oxygen atoms in total. The molecule has 0 saturated carbocycles. The molecule has 0 radical (unpaired) electrons. The first-order chi connectivity index (χ1) is 11.6. The zero-order valence-corrected chi connectivity index (χ0v) is 14.6. The fourth-order valence-electron chi connectivity index (χ4n) is 2.62. The van der Waals surface area contributed by atoms with E-state index in [-0.39, 0.29) is 0 Å². The molecule has 0 N–H and O–H groups in total. The Morgan fingerprint density at radius 1 is 0.917 bits per heavy atom. The van der Waals surface area contributed by atoms with Gasteiger partial charge >= 0.3 is 0 Å². The van der Waals surface area contributed by atoms with Crippen LogP contribution in [0.1, 0.15) is 17.0 Å². The van der Waals surface area contributed by atoms with Gasteiger partial charge in [-0.05, 0) is 54.3 Å². The van der Waals surface area contributed by atoms with Gasteiger partial charge in [0.2, 0.25) is 0 Å². The summed E-state index contributed by atoms with van der Waals surface area (Å²) in [7, 11) is 3.27. The van der Waals surface area contributed by atoms with Gasteiger partial charge in [0.25, 0.3) is 0 Å². The number of aromatic nitrogens is 1. The Bertz CT molecular complexity index is 902. The van der Waals surface area contributed by atoms with Crippen LogP contribution in [0.5, 0.6) is 11.5 Å². The first-order valence-electron chi connectivity index (χ1n) is 7.58. The Balaban J connectivity index is 2.10. The summed E-state index contributed by atoms with van der Waals surface area (Å²) in [6, 6.07) is 13.7. The number of halogens is 1. The van der Waals surface area contributed by atoms with Crippen LogP contribution < -0.4 is 9.47 Å². The van der Waals surface area contributed by atoms with E-state index >= 15 is 0 Å². The highest BCUT2D eigenvalue weighted by Gasteiger charge is 2.09. The lowest BCUT2D eigenvalue weighted by Gasteiger charge is -2.11. The van der Waals surface area contributed by atoms with Crippen LogP contribution in [0.3, 0.4) is 0 Å². The quantitative estimate of drug-likeness (QED) is 0.639. The van der Waals surface area contributed by atoms with Crippen molar-refractivity contribution in [2.75, 3.05) is 14.2 Å². The number of nitrogens with zero attached hydrogens (tertiary/aromatic N) is 1. The fraction of sp³-hybridized carbons (Fsp3) is 0.150. The van der Waals surface area contributed by atoms with Crippen molar-refractivity contribution in [3.63, 3.8) is 0 Å². The molecular formula is C20H18ClNO2. The molecule has 0 aliphatic heterocycles. The van der Waals surface area contributed by atoms with Gasteiger partial charge < -0.3 is 9.47 Å². The number of benzene rings is 2. The summed E-state index contributed by atoms with van der Waals surface area (Å²) in [4.78, 5) is 4.66. The Morgan fingerprint density at radius 2 is 1.58 bits per heavy atom. The van der Waals surface area contributed by atoms with Crippen LogP contribution in [-0.4, -0.2) is 19.2 Å². The van der Waals surface area contributed by atoms with Gasteiger partial charge in [-0.2, -0.15) is 0 Å².